The molecule has 0 saturated carbocycles. The third-order valence-corrected chi connectivity index (χ3v) is 3.50. The molecule has 1 atom stereocenters. The summed E-state index contributed by atoms with van der Waals surface area (Å²) in [5, 5.41) is 9.10. The second-order valence-corrected chi connectivity index (χ2v) is 4.59. The molecular weight excluding hydrogens is 214 g/mol. The topological polar surface area (TPSA) is 39.6 Å². The zero-order valence-corrected chi connectivity index (χ0v) is 10.6. The van der Waals surface area contributed by atoms with Crippen molar-refractivity contribution in [2.24, 2.45) is 0 Å². The Morgan fingerprint density at radius 2 is 2.29 bits per heavy atom. The van der Waals surface area contributed by atoms with Gasteiger partial charge in [0, 0.05) is 37.6 Å². The number of hydrogen-bond acceptors (Lipinski definition) is 4. The van der Waals surface area contributed by atoms with E-state index in [1.54, 1.807) is 6.20 Å². The maximum atomic E-state index is 9.10. The van der Waals surface area contributed by atoms with Crippen molar-refractivity contribution in [3.63, 3.8) is 0 Å². The van der Waals surface area contributed by atoms with Crippen molar-refractivity contribution in [1.29, 1.82) is 0 Å². The molecule has 2 heterocycles. The van der Waals surface area contributed by atoms with Gasteiger partial charge in [0.05, 0.1) is 12.3 Å². The van der Waals surface area contributed by atoms with Crippen molar-refractivity contribution in [3.8, 4) is 0 Å². The van der Waals surface area contributed by atoms with Crippen LogP contribution in [0.1, 0.15) is 19.5 Å². The minimum atomic E-state index is 0.0122. The van der Waals surface area contributed by atoms with E-state index in [0.29, 0.717) is 6.04 Å². The number of hydrogen-bond donors (Lipinski definition) is 1. The zero-order chi connectivity index (χ0) is 12.3. The van der Waals surface area contributed by atoms with Crippen molar-refractivity contribution in [2.45, 2.75) is 26.5 Å². The number of anilines is 1. The number of aliphatic hydroxyl groups is 1. The molecule has 0 amide bonds. The maximum Gasteiger partial charge on any atom is 0.0853 e. The summed E-state index contributed by atoms with van der Waals surface area (Å²) in [4.78, 5) is 8.98. The molecule has 1 aromatic heterocycles. The normalized spacial score (nSPS) is 21.8. The molecule has 1 N–H and O–H groups in total. The van der Waals surface area contributed by atoms with Crippen molar-refractivity contribution in [2.75, 3.05) is 31.1 Å². The van der Waals surface area contributed by atoms with Crippen molar-refractivity contribution >= 4 is 5.69 Å². The second kappa shape index (κ2) is 5.47. The van der Waals surface area contributed by atoms with Crippen LogP contribution >= 0.6 is 0 Å². The first-order chi connectivity index (χ1) is 8.24. The number of nitrogens with zero attached hydrogens (tertiary/aromatic N) is 3. The van der Waals surface area contributed by atoms with Crippen LogP contribution in [-0.4, -0.2) is 47.2 Å². The number of piperazine rings is 1. The highest BCUT2D eigenvalue weighted by molar-refractivity contribution is 5.47. The van der Waals surface area contributed by atoms with E-state index in [0.717, 1.165) is 31.9 Å². The lowest BCUT2D eigenvalue weighted by atomic mass is 10.1. The van der Waals surface area contributed by atoms with Crippen LogP contribution in [-0.2, 0) is 6.61 Å². The van der Waals surface area contributed by atoms with Crippen molar-refractivity contribution < 1.29 is 5.11 Å². The molecule has 94 valence electrons. The Kier molecular flexibility index (Phi) is 3.97. The molecule has 1 unspecified atom stereocenters. The van der Waals surface area contributed by atoms with Crippen molar-refractivity contribution in [3.05, 3.63) is 24.0 Å². The van der Waals surface area contributed by atoms with Crippen LogP contribution in [0.4, 0.5) is 5.69 Å². The molecule has 1 aromatic rings. The average Bonchev–Trinajstić information content (AvgIpc) is 2.38. The number of likely N-dealkylation sites (N-methyl/N-ethyl adjacent to an activating group) is 1. The Bertz CT molecular complexity index is 369. The van der Waals surface area contributed by atoms with Gasteiger partial charge >= 0.3 is 0 Å². The van der Waals surface area contributed by atoms with Crippen LogP contribution in [0.25, 0.3) is 0 Å². The van der Waals surface area contributed by atoms with Crippen LogP contribution in [0.2, 0.25) is 0 Å². The molecule has 4 nitrogen and oxygen atoms in total. The Balaban J connectivity index is 2.08. The quantitative estimate of drug-likeness (QED) is 0.852. The lowest BCUT2D eigenvalue weighted by Crippen LogP contribution is -2.51. The van der Waals surface area contributed by atoms with E-state index in [1.807, 2.05) is 12.1 Å². The fraction of sp³-hybridized carbons (Fsp3) is 0.615. The van der Waals surface area contributed by atoms with Crippen LogP contribution in [0, 0.1) is 0 Å². The van der Waals surface area contributed by atoms with E-state index >= 15 is 0 Å². The molecule has 4 heteroatoms. The maximum absolute atomic E-state index is 9.10. The van der Waals surface area contributed by atoms with E-state index in [2.05, 4.69) is 28.6 Å². The second-order valence-electron chi connectivity index (χ2n) is 4.59. The molecule has 0 spiro atoms. The molecule has 1 aliphatic heterocycles. The van der Waals surface area contributed by atoms with Crippen LogP contribution in [0.3, 0.4) is 0 Å². The van der Waals surface area contributed by atoms with Crippen LogP contribution in [0.5, 0.6) is 0 Å². The minimum absolute atomic E-state index is 0.0122. The highest BCUT2D eigenvalue weighted by Crippen LogP contribution is 2.19. The van der Waals surface area contributed by atoms with Gasteiger partial charge in [-0.2, -0.15) is 0 Å². The molecular formula is C13H21N3O. The lowest BCUT2D eigenvalue weighted by molar-refractivity contribution is 0.199. The number of pyridine rings is 1. The Morgan fingerprint density at radius 1 is 1.47 bits per heavy atom. The summed E-state index contributed by atoms with van der Waals surface area (Å²) in [7, 11) is 0. The van der Waals surface area contributed by atoms with Gasteiger partial charge in [0.2, 0.25) is 0 Å². The lowest BCUT2D eigenvalue weighted by Gasteiger charge is -2.40. The molecule has 2 rings (SSSR count). The van der Waals surface area contributed by atoms with Gasteiger partial charge in [0.1, 0.15) is 0 Å². The van der Waals surface area contributed by atoms with Gasteiger partial charge in [-0.3, -0.25) is 9.88 Å². The monoisotopic (exact) mass is 235 g/mol. The summed E-state index contributed by atoms with van der Waals surface area (Å²) < 4.78 is 0. The summed E-state index contributed by atoms with van der Waals surface area (Å²) in [6, 6.07) is 4.58. The van der Waals surface area contributed by atoms with Gasteiger partial charge in [-0.05, 0) is 25.6 Å². The predicted molar refractivity (Wildman–Crippen MR) is 69.1 cm³/mol. The summed E-state index contributed by atoms with van der Waals surface area (Å²) >= 11 is 0. The number of aromatic nitrogens is 1. The van der Waals surface area contributed by atoms with E-state index in [9.17, 15) is 0 Å². The SMILES string of the molecule is CCN1CCN(c2ccnc(CO)c2)CC1C. The van der Waals surface area contributed by atoms with E-state index in [4.69, 9.17) is 5.11 Å². The zero-order valence-electron chi connectivity index (χ0n) is 10.6. The van der Waals surface area contributed by atoms with Crippen molar-refractivity contribution in [1.82, 2.24) is 9.88 Å². The average molecular weight is 235 g/mol. The predicted octanol–water partition coefficient (Wildman–Crippen LogP) is 1.10. The molecule has 17 heavy (non-hydrogen) atoms. The molecule has 0 bridgehead atoms. The smallest absolute Gasteiger partial charge is 0.0853 e. The minimum Gasteiger partial charge on any atom is -0.390 e. The summed E-state index contributed by atoms with van der Waals surface area (Å²) in [6.45, 7) is 8.81. The first-order valence-electron chi connectivity index (χ1n) is 6.29. The van der Waals surface area contributed by atoms with E-state index < -0.39 is 0 Å². The Hall–Kier alpha value is -1.13. The van der Waals surface area contributed by atoms with Gasteiger partial charge in [-0.15, -0.1) is 0 Å². The fourth-order valence-electron chi connectivity index (χ4n) is 2.45. The molecule has 1 saturated heterocycles. The van der Waals surface area contributed by atoms with E-state index in [-0.39, 0.29) is 6.61 Å². The molecule has 1 fully saturated rings. The standard InChI is InChI=1S/C13H21N3O/c1-3-15-6-7-16(9-11(15)2)13-4-5-14-12(8-13)10-17/h4-5,8,11,17H,3,6-7,9-10H2,1-2H3. The summed E-state index contributed by atoms with van der Waals surface area (Å²) in [5.74, 6) is 0. The van der Waals surface area contributed by atoms with Crippen LogP contribution < -0.4 is 4.90 Å². The largest absolute Gasteiger partial charge is 0.390 e. The Labute approximate surface area is 103 Å². The Morgan fingerprint density at radius 3 is 2.94 bits per heavy atom. The van der Waals surface area contributed by atoms with Gasteiger partial charge in [0.15, 0.2) is 0 Å². The number of aliphatic hydroxyl groups excluding tert-OH is 1. The highest BCUT2D eigenvalue weighted by atomic mass is 16.3. The van der Waals surface area contributed by atoms with E-state index in [1.165, 1.54) is 5.69 Å². The third kappa shape index (κ3) is 2.76. The fourth-order valence-corrected chi connectivity index (χ4v) is 2.45. The van der Waals surface area contributed by atoms with Gasteiger partial charge in [-0.25, -0.2) is 0 Å². The third-order valence-electron chi connectivity index (χ3n) is 3.50. The highest BCUT2D eigenvalue weighted by Gasteiger charge is 2.22. The van der Waals surface area contributed by atoms with Gasteiger partial charge < -0.3 is 10.0 Å². The van der Waals surface area contributed by atoms with Gasteiger partial charge in [-0.1, -0.05) is 6.92 Å². The molecule has 0 aromatic carbocycles. The first kappa shape index (κ1) is 12.3. The molecule has 0 aliphatic carbocycles. The molecule has 1 aliphatic rings. The molecule has 0 radical (unpaired) electrons. The van der Waals surface area contributed by atoms with Gasteiger partial charge in [0.25, 0.3) is 0 Å². The number of rotatable bonds is 3. The first-order valence-corrected chi connectivity index (χ1v) is 6.29. The summed E-state index contributed by atoms with van der Waals surface area (Å²) in [5.41, 5.74) is 1.92. The summed E-state index contributed by atoms with van der Waals surface area (Å²) in [6.07, 6.45) is 1.78. The van der Waals surface area contributed by atoms with Crippen LogP contribution in [0.15, 0.2) is 18.3 Å².